The number of rotatable bonds is 8. The Kier molecular flexibility index (Phi) is 9.45. The van der Waals surface area contributed by atoms with Gasteiger partial charge in [-0.25, -0.2) is 4.79 Å². The number of nitrogens with one attached hydrogen (secondary N) is 1. The Bertz CT molecular complexity index is 1050. The van der Waals surface area contributed by atoms with E-state index in [9.17, 15) is 14.4 Å². The number of primary amides is 1. The van der Waals surface area contributed by atoms with Gasteiger partial charge in [-0.3, -0.25) is 9.59 Å². The maximum atomic E-state index is 13.6. The third kappa shape index (κ3) is 7.48. The summed E-state index contributed by atoms with van der Waals surface area (Å²) in [5.74, 6) is 0.784. The van der Waals surface area contributed by atoms with Crippen molar-refractivity contribution in [3.05, 3.63) is 65.2 Å². The summed E-state index contributed by atoms with van der Waals surface area (Å²) in [4.78, 5) is 39.4. The number of nitrogens with two attached hydrogens (primary N) is 1. The molecule has 2 atom stereocenters. The number of likely N-dealkylation sites (tertiary alicyclic amines) is 1. The normalized spacial score (nSPS) is 23.8. The van der Waals surface area contributed by atoms with E-state index >= 15 is 0 Å². The third-order valence-corrected chi connectivity index (χ3v) is 8.00. The molecule has 2 fully saturated rings. The van der Waals surface area contributed by atoms with Gasteiger partial charge in [-0.1, -0.05) is 41.9 Å². The maximum Gasteiger partial charge on any atom is 0.412 e. The molecule has 3 amide bonds. The van der Waals surface area contributed by atoms with Crippen molar-refractivity contribution >= 4 is 29.5 Å². The van der Waals surface area contributed by atoms with E-state index < -0.39 is 6.09 Å². The Morgan fingerprint density at radius 1 is 0.946 bits per heavy atom. The molecule has 2 aromatic carbocycles. The summed E-state index contributed by atoms with van der Waals surface area (Å²) in [6, 6.07) is 16.5. The van der Waals surface area contributed by atoms with Crippen molar-refractivity contribution in [2.45, 2.75) is 57.4 Å². The largest absolute Gasteiger partial charge is 0.412 e. The third-order valence-electron chi connectivity index (χ3n) is 7.75. The number of carbonyl (C=O) groups is 3. The Hall–Kier alpha value is -3.06. The van der Waals surface area contributed by atoms with E-state index in [1.165, 1.54) is 0 Å². The highest BCUT2D eigenvalue weighted by Gasteiger charge is 2.38. The fourth-order valence-corrected chi connectivity index (χ4v) is 5.76. The first-order valence-electron chi connectivity index (χ1n) is 13.3. The minimum atomic E-state index is -0.468. The molecular weight excluding hydrogens is 490 g/mol. The first-order chi connectivity index (χ1) is 17.9. The Balaban J connectivity index is 1.21. The smallest absolute Gasteiger partial charge is 0.410 e. The lowest BCUT2D eigenvalue weighted by Gasteiger charge is -2.41. The topological polar surface area (TPSA) is 102 Å². The molecule has 2 unspecified atom stereocenters. The summed E-state index contributed by atoms with van der Waals surface area (Å²) in [7, 11) is 0. The number of piperidine rings is 1. The van der Waals surface area contributed by atoms with Crippen molar-refractivity contribution in [3.8, 4) is 5.75 Å². The van der Waals surface area contributed by atoms with Crippen LogP contribution in [0.15, 0.2) is 54.6 Å². The van der Waals surface area contributed by atoms with Gasteiger partial charge >= 0.3 is 6.09 Å². The minimum absolute atomic E-state index is 0.0278. The molecule has 0 aromatic heterocycles. The van der Waals surface area contributed by atoms with Gasteiger partial charge in [0, 0.05) is 29.9 Å². The van der Waals surface area contributed by atoms with Gasteiger partial charge in [0.2, 0.25) is 11.8 Å². The van der Waals surface area contributed by atoms with Crippen LogP contribution in [0.1, 0.15) is 63.0 Å². The van der Waals surface area contributed by atoms with E-state index in [0.29, 0.717) is 42.6 Å². The Labute approximate surface area is 223 Å². The number of carbonyl (C=O) groups excluding carboxylic acids is 3. The van der Waals surface area contributed by atoms with E-state index in [0.717, 1.165) is 44.1 Å². The molecule has 1 heterocycles. The molecule has 2 aliphatic rings. The summed E-state index contributed by atoms with van der Waals surface area (Å²) in [5.41, 5.74) is 6.68. The average Bonchev–Trinajstić information content (AvgIpc) is 2.92. The molecular formula is C29H36ClN3O4. The number of hydrogen-bond donors (Lipinski definition) is 2. The lowest BCUT2D eigenvalue weighted by atomic mass is 9.78. The summed E-state index contributed by atoms with van der Waals surface area (Å²) < 4.78 is 5.24. The molecule has 0 radical (unpaired) electrons. The molecule has 3 N–H and O–H groups in total. The van der Waals surface area contributed by atoms with Crippen molar-refractivity contribution in [2.24, 2.45) is 23.5 Å². The molecule has 2 aromatic rings. The van der Waals surface area contributed by atoms with Gasteiger partial charge in [0.05, 0.1) is 6.04 Å². The first-order valence-corrected chi connectivity index (χ1v) is 13.6. The van der Waals surface area contributed by atoms with E-state index in [-0.39, 0.29) is 29.7 Å². The fraction of sp³-hybridized carbons (Fsp3) is 0.483. The van der Waals surface area contributed by atoms with Crippen molar-refractivity contribution in [2.75, 3.05) is 13.1 Å². The van der Waals surface area contributed by atoms with Crippen molar-refractivity contribution in [3.63, 3.8) is 0 Å². The van der Waals surface area contributed by atoms with Crippen LogP contribution < -0.4 is 15.8 Å². The van der Waals surface area contributed by atoms with Gasteiger partial charge in [0.15, 0.2) is 0 Å². The quantitative estimate of drug-likeness (QED) is 0.445. The highest BCUT2D eigenvalue weighted by atomic mass is 35.5. The SMILES string of the molecule is NC(=O)C1CCN(C(=O)C2CCC(CCCNC(=O)Oc3ccc(Cl)cc3)CC2)C(c2ccccc2)C1. The van der Waals surface area contributed by atoms with Gasteiger partial charge in [0.25, 0.3) is 0 Å². The first kappa shape index (κ1) is 27.0. The average molecular weight is 526 g/mol. The van der Waals surface area contributed by atoms with Crippen LogP contribution in [0.4, 0.5) is 4.79 Å². The van der Waals surface area contributed by atoms with Crippen LogP contribution in [0.3, 0.4) is 0 Å². The second-order valence-corrected chi connectivity index (χ2v) is 10.6. The number of amides is 3. The fourth-order valence-electron chi connectivity index (χ4n) is 5.64. The Morgan fingerprint density at radius 3 is 2.32 bits per heavy atom. The predicted molar refractivity (Wildman–Crippen MR) is 143 cm³/mol. The number of ether oxygens (including phenoxy) is 1. The molecule has 1 aliphatic carbocycles. The molecule has 0 bridgehead atoms. The van der Waals surface area contributed by atoms with Gasteiger partial charge in [-0.15, -0.1) is 0 Å². The summed E-state index contributed by atoms with van der Waals surface area (Å²) in [6.45, 7) is 1.13. The molecule has 4 rings (SSSR count). The van der Waals surface area contributed by atoms with Crippen LogP contribution in [-0.2, 0) is 9.59 Å². The van der Waals surface area contributed by atoms with Crippen LogP contribution >= 0.6 is 11.6 Å². The molecule has 7 nitrogen and oxygen atoms in total. The highest BCUT2D eigenvalue weighted by molar-refractivity contribution is 6.30. The van der Waals surface area contributed by atoms with Crippen molar-refractivity contribution < 1.29 is 19.1 Å². The number of benzene rings is 2. The van der Waals surface area contributed by atoms with E-state index in [2.05, 4.69) is 5.32 Å². The second-order valence-electron chi connectivity index (χ2n) is 10.2. The van der Waals surface area contributed by atoms with Crippen LogP contribution in [0.5, 0.6) is 5.75 Å². The maximum absolute atomic E-state index is 13.6. The zero-order valence-electron chi connectivity index (χ0n) is 21.1. The van der Waals surface area contributed by atoms with Crippen LogP contribution in [0, 0.1) is 17.8 Å². The van der Waals surface area contributed by atoms with E-state index in [1.54, 1.807) is 24.3 Å². The van der Waals surface area contributed by atoms with Crippen LogP contribution in [0.2, 0.25) is 5.02 Å². The van der Waals surface area contributed by atoms with Crippen LogP contribution in [0.25, 0.3) is 0 Å². The monoisotopic (exact) mass is 525 g/mol. The zero-order valence-corrected chi connectivity index (χ0v) is 21.9. The van der Waals surface area contributed by atoms with Gasteiger partial charge in [-0.2, -0.15) is 0 Å². The van der Waals surface area contributed by atoms with Crippen molar-refractivity contribution in [1.82, 2.24) is 10.2 Å². The lowest BCUT2D eigenvalue weighted by Crippen LogP contribution is -2.46. The molecule has 8 heteroatoms. The summed E-state index contributed by atoms with van der Waals surface area (Å²) in [5, 5.41) is 3.39. The molecule has 37 heavy (non-hydrogen) atoms. The Morgan fingerprint density at radius 2 is 1.65 bits per heavy atom. The number of hydrogen-bond acceptors (Lipinski definition) is 4. The van der Waals surface area contributed by atoms with Crippen molar-refractivity contribution in [1.29, 1.82) is 0 Å². The van der Waals surface area contributed by atoms with Gasteiger partial charge < -0.3 is 20.7 Å². The van der Waals surface area contributed by atoms with Crippen LogP contribution in [-0.4, -0.2) is 35.9 Å². The molecule has 198 valence electrons. The number of halogens is 1. The van der Waals surface area contributed by atoms with Gasteiger partial charge in [0.1, 0.15) is 5.75 Å². The molecule has 1 aliphatic heterocycles. The summed E-state index contributed by atoms with van der Waals surface area (Å²) in [6.07, 6.45) is 6.43. The minimum Gasteiger partial charge on any atom is -0.410 e. The predicted octanol–water partition coefficient (Wildman–Crippen LogP) is 5.48. The lowest BCUT2D eigenvalue weighted by molar-refractivity contribution is -0.143. The summed E-state index contributed by atoms with van der Waals surface area (Å²) >= 11 is 5.84. The zero-order chi connectivity index (χ0) is 26.2. The highest BCUT2D eigenvalue weighted by Crippen LogP contribution is 2.38. The van der Waals surface area contributed by atoms with E-state index in [1.807, 2.05) is 35.2 Å². The second kappa shape index (κ2) is 13.0. The molecule has 1 saturated heterocycles. The van der Waals surface area contributed by atoms with Gasteiger partial charge in [-0.05, 0) is 87.1 Å². The standard InChI is InChI=1S/C29H36ClN3O4/c30-24-12-14-25(15-13-24)37-29(36)32-17-4-5-20-8-10-22(11-9-20)28(35)33-18-16-23(27(31)34)19-26(33)21-6-2-1-3-7-21/h1-3,6-7,12-15,20,22-23,26H,4-5,8-11,16-19H2,(H2,31,34)(H,32,36). The van der Waals surface area contributed by atoms with E-state index in [4.69, 9.17) is 22.1 Å². The number of nitrogens with zero attached hydrogens (tertiary/aromatic N) is 1. The molecule has 0 spiro atoms. The molecule has 1 saturated carbocycles.